The average Bonchev–Trinajstić information content (AvgIpc) is 3.02. The molecule has 1 heterocycles. The summed E-state index contributed by atoms with van der Waals surface area (Å²) in [6, 6.07) is 10.1. The zero-order chi connectivity index (χ0) is 26.6. The van der Waals surface area contributed by atoms with E-state index in [2.05, 4.69) is 5.32 Å². The van der Waals surface area contributed by atoms with E-state index >= 15 is 0 Å². The average molecular weight is 554 g/mol. The van der Waals surface area contributed by atoms with Crippen molar-refractivity contribution in [2.24, 2.45) is 5.92 Å². The highest BCUT2D eigenvalue weighted by molar-refractivity contribution is 7.90. The lowest BCUT2D eigenvalue weighted by Crippen LogP contribution is -2.48. The molecule has 0 unspecified atom stereocenters. The van der Waals surface area contributed by atoms with Crippen molar-refractivity contribution in [1.82, 2.24) is 14.5 Å². The standard InChI is InChI=1S/C25H29Cl2N3O5S/c1-16(2)14-28-24(32)17(3)29(15-18-10-11-19(26)13-21(18)27)23(31)9-6-12-30-25(33)20-7-4-5-8-22(20)36(30,34)35/h4-5,7-8,10-11,13,16-17H,6,9,12,14-15H2,1-3H3,(H,28,32)/t17-/m0/s1. The minimum Gasteiger partial charge on any atom is -0.354 e. The molecule has 194 valence electrons. The largest absolute Gasteiger partial charge is 0.354 e. The summed E-state index contributed by atoms with van der Waals surface area (Å²) in [6.45, 7) is 5.94. The van der Waals surface area contributed by atoms with Gasteiger partial charge < -0.3 is 10.2 Å². The Balaban J connectivity index is 1.73. The maximum Gasteiger partial charge on any atom is 0.269 e. The summed E-state index contributed by atoms with van der Waals surface area (Å²) in [7, 11) is -3.95. The number of benzene rings is 2. The molecule has 0 radical (unpaired) electrons. The maximum absolute atomic E-state index is 13.3. The smallest absolute Gasteiger partial charge is 0.269 e. The van der Waals surface area contributed by atoms with E-state index in [0.29, 0.717) is 22.2 Å². The van der Waals surface area contributed by atoms with Crippen molar-refractivity contribution >= 4 is 50.9 Å². The zero-order valence-corrected chi connectivity index (χ0v) is 22.7. The highest BCUT2D eigenvalue weighted by atomic mass is 35.5. The number of hydrogen-bond acceptors (Lipinski definition) is 5. The third-order valence-corrected chi connectivity index (χ3v) is 8.30. The normalized spacial score (nSPS) is 15.1. The molecule has 2 aromatic rings. The molecule has 0 saturated heterocycles. The van der Waals surface area contributed by atoms with Gasteiger partial charge in [0.25, 0.3) is 15.9 Å². The molecule has 0 aliphatic carbocycles. The van der Waals surface area contributed by atoms with Gasteiger partial charge in [0, 0.05) is 36.1 Å². The van der Waals surface area contributed by atoms with E-state index in [1.807, 2.05) is 13.8 Å². The molecular weight excluding hydrogens is 525 g/mol. The molecule has 8 nitrogen and oxygen atoms in total. The summed E-state index contributed by atoms with van der Waals surface area (Å²) in [5, 5.41) is 3.64. The number of nitrogens with zero attached hydrogens (tertiary/aromatic N) is 2. The van der Waals surface area contributed by atoms with Crippen molar-refractivity contribution in [3.05, 3.63) is 63.6 Å². The van der Waals surface area contributed by atoms with Crippen molar-refractivity contribution in [2.75, 3.05) is 13.1 Å². The highest BCUT2D eigenvalue weighted by Gasteiger charge is 2.40. The summed E-state index contributed by atoms with van der Waals surface area (Å²) in [5.74, 6) is -1.05. The Bertz CT molecular complexity index is 1270. The van der Waals surface area contributed by atoms with E-state index < -0.39 is 22.0 Å². The fraction of sp³-hybridized carbons (Fsp3) is 0.400. The van der Waals surface area contributed by atoms with Crippen LogP contribution in [0.25, 0.3) is 0 Å². The number of amides is 3. The summed E-state index contributed by atoms with van der Waals surface area (Å²) >= 11 is 12.3. The molecule has 0 saturated carbocycles. The van der Waals surface area contributed by atoms with E-state index in [1.165, 1.54) is 17.0 Å². The van der Waals surface area contributed by atoms with Gasteiger partial charge in [0.05, 0.1) is 5.56 Å². The molecule has 1 aliphatic rings. The van der Waals surface area contributed by atoms with Crippen LogP contribution < -0.4 is 5.32 Å². The number of rotatable bonds is 10. The van der Waals surface area contributed by atoms with Gasteiger partial charge in [0.15, 0.2) is 0 Å². The van der Waals surface area contributed by atoms with Gasteiger partial charge in [-0.2, -0.15) is 0 Å². The fourth-order valence-corrected chi connectivity index (χ4v) is 5.91. The highest BCUT2D eigenvalue weighted by Crippen LogP contribution is 2.30. The molecule has 0 fully saturated rings. The number of carbonyl (C=O) groups excluding carboxylic acids is 3. The van der Waals surface area contributed by atoms with Gasteiger partial charge in [0.1, 0.15) is 10.9 Å². The summed E-state index contributed by atoms with van der Waals surface area (Å²) in [5.41, 5.74) is 0.740. The molecule has 3 amide bonds. The third-order valence-electron chi connectivity index (χ3n) is 5.87. The van der Waals surface area contributed by atoms with Crippen LogP contribution in [0.5, 0.6) is 0 Å². The van der Waals surface area contributed by atoms with Gasteiger partial charge in [0.2, 0.25) is 11.8 Å². The Hall–Kier alpha value is -2.62. The van der Waals surface area contributed by atoms with Crippen molar-refractivity contribution in [1.29, 1.82) is 0 Å². The van der Waals surface area contributed by atoms with E-state index in [4.69, 9.17) is 23.2 Å². The van der Waals surface area contributed by atoms with Crippen molar-refractivity contribution in [3.8, 4) is 0 Å². The number of halogens is 2. The second-order valence-electron chi connectivity index (χ2n) is 9.05. The van der Waals surface area contributed by atoms with Crippen LogP contribution >= 0.6 is 23.2 Å². The lowest BCUT2D eigenvalue weighted by Gasteiger charge is -2.29. The maximum atomic E-state index is 13.3. The molecule has 11 heteroatoms. The predicted octanol–water partition coefficient (Wildman–Crippen LogP) is 4.11. The van der Waals surface area contributed by atoms with Crippen LogP contribution in [0.2, 0.25) is 10.0 Å². The van der Waals surface area contributed by atoms with Gasteiger partial charge >= 0.3 is 0 Å². The first-order valence-corrected chi connectivity index (χ1v) is 13.8. The second-order valence-corrected chi connectivity index (χ2v) is 11.7. The van der Waals surface area contributed by atoms with Crippen LogP contribution in [-0.2, 0) is 26.2 Å². The third kappa shape index (κ3) is 6.19. The first kappa shape index (κ1) is 28.0. The number of hydrogen-bond donors (Lipinski definition) is 1. The first-order chi connectivity index (χ1) is 16.9. The van der Waals surface area contributed by atoms with Gasteiger partial charge in [-0.1, -0.05) is 55.2 Å². The Morgan fingerprint density at radius 3 is 2.42 bits per heavy atom. The van der Waals surface area contributed by atoms with Crippen molar-refractivity contribution < 1.29 is 22.8 Å². The van der Waals surface area contributed by atoms with Crippen LogP contribution in [0.4, 0.5) is 0 Å². The molecule has 1 aliphatic heterocycles. The monoisotopic (exact) mass is 553 g/mol. The molecule has 2 aromatic carbocycles. The van der Waals surface area contributed by atoms with E-state index in [1.54, 1.807) is 37.3 Å². The lowest BCUT2D eigenvalue weighted by atomic mass is 10.1. The van der Waals surface area contributed by atoms with E-state index in [0.717, 1.165) is 4.31 Å². The molecule has 0 bridgehead atoms. The topological polar surface area (TPSA) is 104 Å². The molecule has 0 aromatic heterocycles. The predicted molar refractivity (Wildman–Crippen MR) is 138 cm³/mol. The number of carbonyl (C=O) groups is 3. The Labute approximate surface area is 221 Å². The van der Waals surface area contributed by atoms with Gasteiger partial charge in [-0.25, -0.2) is 12.7 Å². The van der Waals surface area contributed by atoms with Crippen LogP contribution in [0.15, 0.2) is 47.4 Å². The summed E-state index contributed by atoms with van der Waals surface area (Å²) in [4.78, 5) is 40.0. The fourth-order valence-electron chi connectivity index (χ4n) is 3.84. The molecular formula is C25H29Cl2N3O5S. The number of nitrogens with one attached hydrogen (secondary N) is 1. The van der Waals surface area contributed by atoms with Crippen LogP contribution in [-0.4, -0.2) is 54.5 Å². The summed E-state index contributed by atoms with van der Waals surface area (Å²) in [6.07, 6.45) is 0.0334. The second kappa shape index (κ2) is 11.6. The minimum absolute atomic E-state index is 0.0317. The van der Waals surface area contributed by atoms with Gasteiger partial charge in [-0.05, 0) is 49.1 Å². The first-order valence-electron chi connectivity index (χ1n) is 11.6. The Morgan fingerprint density at radius 1 is 1.08 bits per heavy atom. The molecule has 3 rings (SSSR count). The minimum atomic E-state index is -3.95. The zero-order valence-electron chi connectivity index (χ0n) is 20.3. The molecule has 36 heavy (non-hydrogen) atoms. The van der Waals surface area contributed by atoms with Crippen molar-refractivity contribution in [3.63, 3.8) is 0 Å². The van der Waals surface area contributed by atoms with Crippen LogP contribution in [0.1, 0.15) is 49.5 Å². The van der Waals surface area contributed by atoms with Gasteiger partial charge in [-0.3, -0.25) is 14.4 Å². The molecule has 0 spiro atoms. The van der Waals surface area contributed by atoms with Crippen LogP contribution in [0.3, 0.4) is 0 Å². The van der Waals surface area contributed by atoms with Gasteiger partial charge in [-0.15, -0.1) is 0 Å². The van der Waals surface area contributed by atoms with Crippen molar-refractivity contribution in [2.45, 2.75) is 51.1 Å². The Morgan fingerprint density at radius 2 is 1.78 bits per heavy atom. The quantitative estimate of drug-likeness (QED) is 0.476. The number of fused-ring (bicyclic) bond motifs is 1. The Kier molecular flexibility index (Phi) is 9.03. The molecule has 1 N–H and O–H groups in total. The SMILES string of the molecule is CC(C)CNC(=O)[C@H](C)N(Cc1ccc(Cl)cc1Cl)C(=O)CCCN1C(=O)c2ccccc2S1(=O)=O. The van der Waals surface area contributed by atoms with E-state index in [9.17, 15) is 22.8 Å². The van der Waals surface area contributed by atoms with Crippen LogP contribution in [0, 0.1) is 5.92 Å². The number of sulfonamides is 1. The lowest BCUT2D eigenvalue weighted by molar-refractivity contribution is -0.140. The summed E-state index contributed by atoms with van der Waals surface area (Å²) < 4.78 is 26.3. The molecule has 1 atom stereocenters. The van der Waals surface area contributed by atoms with E-state index in [-0.39, 0.29) is 54.1 Å².